The molecule has 106 valence electrons. The Balaban J connectivity index is 2.08. The Hall–Kier alpha value is -1.39. The van der Waals surface area contributed by atoms with Crippen molar-refractivity contribution < 1.29 is 0 Å². The van der Waals surface area contributed by atoms with Gasteiger partial charge in [0.1, 0.15) is 0 Å². The SMILES string of the molecule is CNCc1ccc(Br)cc1N(C)CCc1ccccn1. The molecule has 2 aromatic rings. The molecule has 0 spiro atoms. The highest BCUT2D eigenvalue weighted by Gasteiger charge is 2.08. The van der Waals surface area contributed by atoms with Crippen LogP contribution in [-0.4, -0.2) is 25.6 Å². The topological polar surface area (TPSA) is 28.2 Å². The van der Waals surface area contributed by atoms with Gasteiger partial charge in [-0.15, -0.1) is 0 Å². The average Bonchev–Trinajstić information content (AvgIpc) is 2.48. The lowest BCUT2D eigenvalue weighted by Gasteiger charge is -2.23. The van der Waals surface area contributed by atoms with E-state index in [4.69, 9.17) is 0 Å². The zero-order chi connectivity index (χ0) is 14.4. The van der Waals surface area contributed by atoms with E-state index in [1.165, 1.54) is 11.3 Å². The van der Waals surface area contributed by atoms with Gasteiger partial charge in [-0.3, -0.25) is 4.98 Å². The Labute approximate surface area is 129 Å². The zero-order valence-electron chi connectivity index (χ0n) is 11.9. The third kappa shape index (κ3) is 4.05. The fourth-order valence-electron chi connectivity index (χ4n) is 2.18. The van der Waals surface area contributed by atoms with Crippen LogP contribution in [-0.2, 0) is 13.0 Å². The molecule has 0 saturated heterocycles. The number of halogens is 1. The molecule has 0 saturated carbocycles. The number of nitrogens with one attached hydrogen (secondary N) is 1. The zero-order valence-corrected chi connectivity index (χ0v) is 13.5. The summed E-state index contributed by atoms with van der Waals surface area (Å²) in [6.07, 6.45) is 2.80. The van der Waals surface area contributed by atoms with Gasteiger partial charge < -0.3 is 10.2 Å². The molecule has 20 heavy (non-hydrogen) atoms. The van der Waals surface area contributed by atoms with Gasteiger partial charge >= 0.3 is 0 Å². The Morgan fingerprint density at radius 3 is 2.80 bits per heavy atom. The highest BCUT2D eigenvalue weighted by atomic mass is 79.9. The van der Waals surface area contributed by atoms with Crippen molar-refractivity contribution in [3.8, 4) is 0 Å². The van der Waals surface area contributed by atoms with Gasteiger partial charge in [0.25, 0.3) is 0 Å². The molecule has 1 N–H and O–H groups in total. The largest absolute Gasteiger partial charge is 0.374 e. The minimum absolute atomic E-state index is 0.872. The number of benzene rings is 1. The van der Waals surface area contributed by atoms with Gasteiger partial charge in [-0.05, 0) is 36.9 Å². The predicted octanol–water partition coefficient (Wildman–Crippen LogP) is 3.24. The number of hydrogen-bond acceptors (Lipinski definition) is 3. The second-order valence-electron chi connectivity index (χ2n) is 4.80. The van der Waals surface area contributed by atoms with E-state index in [1.54, 1.807) is 0 Å². The molecule has 2 rings (SSSR count). The first-order valence-electron chi connectivity index (χ1n) is 6.75. The van der Waals surface area contributed by atoms with Gasteiger partial charge in [-0.1, -0.05) is 28.1 Å². The number of aromatic nitrogens is 1. The van der Waals surface area contributed by atoms with Crippen molar-refractivity contribution in [3.05, 3.63) is 58.3 Å². The smallest absolute Gasteiger partial charge is 0.0421 e. The van der Waals surface area contributed by atoms with Gasteiger partial charge in [0.05, 0.1) is 0 Å². The molecule has 0 aliphatic rings. The van der Waals surface area contributed by atoms with Crippen molar-refractivity contribution in [1.29, 1.82) is 0 Å². The summed E-state index contributed by atoms with van der Waals surface area (Å²) in [7, 11) is 4.10. The van der Waals surface area contributed by atoms with E-state index >= 15 is 0 Å². The number of nitrogens with zero attached hydrogens (tertiary/aromatic N) is 2. The van der Waals surface area contributed by atoms with Crippen molar-refractivity contribution in [3.63, 3.8) is 0 Å². The van der Waals surface area contributed by atoms with E-state index in [-0.39, 0.29) is 0 Å². The first-order valence-corrected chi connectivity index (χ1v) is 7.54. The third-order valence-corrected chi connectivity index (χ3v) is 3.75. The standard InChI is InChI=1S/C16H20BrN3/c1-18-12-13-6-7-14(17)11-16(13)20(2)10-8-15-5-3-4-9-19-15/h3-7,9,11,18H,8,10,12H2,1-2H3. The molecule has 0 aliphatic heterocycles. The van der Waals surface area contributed by atoms with Crippen molar-refractivity contribution in [2.75, 3.05) is 25.5 Å². The molecule has 0 fully saturated rings. The number of pyridine rings is 1. The van der Waals surface area contributed by atoms with Crippen molar-refractivity contribution in [1.82, 2.24) is 10.3 Å². The van der Waals surface area contributed by atoms with Gasteiger partial charge in [0.15, 0.2) is 0 Å². The van der Waals surface area contributed by atoms with Crippen LogP contribution in [0.25, 0.3) is 0 Å². The van der Waals surface area contributed by atoms with Crippen molar-refractivity contribution in [2.24, 2.45) is 0 Å². The van der Waals surface area contributed by atoms with Gasteiger partial charge in [0.2, 0.25) is 0 Å². The van der Waals surface area contributed by atoms with E-state index in [2.05, 4.69) is 62.4 Å². The van der Waals surface area contributed by atoms with Crippen molar-refractivity contribution >= 4 is 21.6 Å². The monoisotopic (exact) mass is 333 g/mol. The quantitative estimate of drug-likeness (QED) is 0.879. The molecular weight excluding hydrogens is 314 g/mol. The molecule has 1 aromatic heterocycles. The van der Waals surface area contributed by atoms with Crippen LogP contribution in [0.2, 0.25) is 0 Å². The Bertz CT molecular complexity index is 543. The van der Waals surface area contributed by atoms with Crippen molar-refractivity contribution in [2.45, 2.75) is 13.0 Å². The summed E-state index contributed by atoms with van der Waals surface area (Å²) < 4.78 is 1.11. The Morgan fingerprint density at radius 2 is 2.10 bits per heavy atom. The maximum atomic E-state index is 4.37. The minimum Gasteiger partial charge on any atom is -0.374 e. The maximum Gasteiger partial charge on any atom is 0.0421 e. The van der Waals surface area contributed by atoms with E-state index < -0.39 is 0 Å². The fourth-order valence-corrected chi connectivity index (χ4v) is 2.53. The highest BCUT2D eigenvalue weighted by molar-refractivity contribution is 9.10. The Morgan fingerprint density at radius 1 is 1.25 bits per heavy atom. The van der Waals surface area contributed by atoms with Crippen LogP contribution in [0, 0.1) is 0 Å². The van der Waals surface area contributed by atoms with Gasteiger partial charge in [0, 0.05) is 48.6 Å². The van der Waals surface area contributed by atoms with Crippen LogP contribution >= 0.6 is 15.9 Å². The molecule has 0 atom stereocenters. The van der Waals surface area contributed by atoms with E-state index in [0.717, 1.165) is 29.7 Å². The predicted molar refractivity (Wildman–Crippen MR) is 88.1 cm³/mol. The molecular formula is C16H20BrN3. The van der Waals surface area contributed by atoms with E-state index in [1.807, 2.05) is 25.4 Å². The summed E-state index contributed by atoms with van der Waals surface area (Å²) in [5.41, 5.74) is 3.69. The summed E-state index contributed by atoms with van der Waals surface area (Å²) in [5, 5.41) is 3.22. The lowest BCUT2D eigenvalue weighted by atomic mass is 10.1. The number of anilines is 1. The molecule has 3 nitrogen and oxygen atoms in total. The molecule has 1 aromatic carbocycles. The summed E-state index contributed by atoms with van der Waals surface area (Å²) >= 11 is 3.55. The molecule has 1 heterocycles. The molecule has 0 unspecified atom stereocenters. The van der Waals surface area contributed by atoms with Crippen LogP contribution in [0.15, 0.2) is 47.1 Å². The van der Waals surface area contributed by atoms with Crippen LogP contribution < -0.4 is 10.2 Å². The minimum atomic E-state index is 0.872. The van der Waals surface area contributed by atoms with E-state index in [0.29, 0.717) is 0 Å². The van der Waals surface area contributed by atoms with Crippen LogP contribution in [0.4, 0.5) is 5.69 Å². The lowest BCUT2D eigenvalue weighted by Crippen LogP contribution is -2.23. The second kappa shape index (κ2) is 7.41. The summed E-state index contributed by atoms with van der Waals surface area (Å²) in [6, 6.07) is 12.5. The molecule has 0 radical (unpaired) electrons. The van der Waals surface area contributed by atoms with E-state index in [9.17, 15) is 0 Å². The lowest BCUT2D eigenvalue weighted by molar-refractivity contribution is 0.797. The maximum absolute atomic E-state index is 4.37. The molecule has 0 aliphatic carbocycles. The summed E-state index contributed by atoms with van der Waals surface area (Å²) in [5.74, 6) is 0. The van der Waals surface area contributed by atoms with Crippen LogP contribution in [0.3, 0.4) is 0 Å². The van der Waals surface area contributed by atoms with Gasteiger partial charge in [-0.2, -0.15) is 0 Å². The molecule has 0 amide bonds. The normalized spacial score (nSPS) is 10.6. The number of likely N-dealkylation sites (N-methyl/N-ethyl adjacent to an activating group) is 1. The third-order valence-electron chi connectivity index (χ3n) is 3.26. The first kappa shape index (κ1) is 15.0. The summed E-state index contributed by atoms with van der Waals surface area (Å²) in [4.78, 5) is 6.66. The first-order chi connectivity index (χ1) is 9.70. The highest BCUT2D eigenvalue weighted by Crippen LogP contribution is 2.24. The van der Waals surface area contributed by atoms with Crippen LogP contribution in [0.1, 0.15) is 11.3 Å². The van der Waals surface area contributed by atoms with Gasteiger partial charge in [-0.25, -0.2) is 0 Å². The number of rotatable bonds is 6. The molecule has 4 heteroatoms. The second-order valence-corrected chi connectivity index (χ2v) is 5.71. The van der Waals surface area contributed by atoms with Crippen LogP contribution in [0.5, 0.6) is 0 Å². The number of hydrogen-bond donors (Lipinski definition) is 1. The summed E-state index contributed by atoms with van der Waals surface area (Å²) in [6.45, 7) is 1.82. The average molecular weight is 334 g/mol. The molecule has 0 bridgehead atoms. The Kier molecular flexibility index (Phi) is 5.56. The fraction of sp³-hybridized carbons (Fsp3) is 0.312.